The van der Waals surface area contributed by atoms with E-state index in [1.165, 1.54) is 42.7 Å². The number of nitro benzene ring substituents is 1. The molecule has 0 aliphatic heterocycles. The lowest BCUT2D eigenvalue weighted by Gasteiger charge is -2.18. The van der Waals surface area contributed by atoms with Crippen molar-refractivity contribution in [3.63, 3.8) is 0 Å². The van der Waals surface area contributed by atoms with Gasteiger partial charge in [-0.15, -0.1) is 0 Å². The number of rotatable bonds is 4. The van der Waals surface area contributed by atoms with Gasteiger partial charge in [-0.1, -0.05) is 30.6 Å². The minimum absolute atomic E-state index is 0.00938. The Balaban J connectivity index is 1.73. The van der Waals surface area contributed by atoms with Crippen LogP contribution in [0.3, 0.4) is 0 Å². The highest BCUT2D eigenvalue weighted by atomic mass is 32.1. The summed E-state index contributed by atoms with van der Waals surface area (Å²) in [6, 6.07) is 6.05. The predicted octanol–water partition coefficient (Wildman–Crippen LogP) is 4.23. The van der Waals surface area contributed by atoms with Crippen molar-refractivity contribution in [1.29, 1.82) is 0 Å². The van der Waals surface area contributed by atoms with Gasteiger partial charge in [-0.3, -0.25) is 14.9 Å². The number of aromatic nitrogens is 3. The lowest BCUT2D eigenvalue weighted by molar-refractivity contribution is -0.384. The molecule has 25 heavy (non-hydrogen) atoms. The number of imidazole rings is 1. The van der Waals surface area contributed by atoms with Crippen LogP contribution in [0.1, 0.15) is 53.5 Å². The topological polar surface area (TPSA) is 90.4 Å². The van der Waals surface area contributed by atoms with Crippen molar-refractivity contribution in [1.82, 2.24) is 14.6 Å². The van der Waals surface area contributed by atoms with E-state index in [4.69, 9.17) is 0 Å². The largest absolute Gasteiger partial charge is 0.296 e. The molecule has 0 saturated heterocycles. The normalized spacial score (nSPS) is 15.5. The fourth-order valence-corrected chi connectivity index (χ4v) is 4.43. The summed E-state index contributed by atoms with van der Waals surface area (Å²) in [4.78, 5) is 27.2. The molecule has 1 aliphatic rings. The van der Waals surface area contributed by atoms with E-state index in [1.807, 2.05) is 0 Å². The molecule has 1 aliphatic carbocycles. The van der Waals surface area contributed by atoms with E-state index in [-0.39, 0.29) is 5.69 Å². The van der Waals surface area contributed by atoms with E-state index in [2.05, 4.69) is 10.1 Å². The zero-order chi connectivity index (χ0) is 17.4. The smallest absolute Gasteiger partial charge is 0.269 e. The van der Waals surface area contributed by atoms with Crippen molar-refractivity contribution in [3.05, 3.63) is 45.1 Å². The molecule has 3 aromatic rings. The third-order valence-corrected chi connectivity index (χ3v) is 5.74. The Labute approximate surface area is 147 Å². The minimum atomic E-state index is -0.450. The van der Waals surface area contributed by atoms with Gasteiger partial charge in [-0.2, -0.15) is 9.61 Å². The summed E-state index contributed by atoms with van der Waals surface area (Å²) < 4.78 is 1.61. The molecule has 0 atom stereocenters. The van der Waals surface area contributed by atoms with Gasteiger partial charge in [-0.05, 0) is 25.0 Å². The van der Waals surface area contributed by atoms with Crippen molar-refractivity contribution in [3.8, 4) is 11.3 Å². The molecule has 2 aromatic heterocycles. The molecule has 1 fully saturated rings. The number of hydrogen-bond acceptors (Lipinski definition) is 6. The highest BCUT2D eigenvalue weighted by Crippen LogP contribution is 2.36. The highest BCUT2D eigenvalue weighted by Gasteiger charge is 2.23. The maximum atomic E-state index is 11.6. The number of fused-ring (bicyclic) bond motifs is 1. The van der Waals surface area contributed by atoms with Crippen LogP contribution in [0.25, 0.3) is 16.2 Å². The molecule has 0 bridgehead atoms. The number of aldehydes is 1. The summed E-state index contributed by atoms with van der Waals surface area (Å²) in [5.41, 5.74) is 1.58. The molecule has 8 heteroatoms. The second-order valence-corrected chi connectivity index (χ2v) is 7.22. The van der Waals surface area contributed by atoms with E-state index >= 15 is 0 Å². The Morgan fingerprint density at radius 2 is 1.92 bits per heavy atom. The summed E-state index contributed by atoms with van der Waals surface area (Å²) >= 11 is 1.53. The quantitative estimate of drug-likeness (QED) is 0.396. The van der Waals surface area contributed by atoms with Gasteiger partial charge in [0.25, 0.3) is 5.69 Å². The lowest BCUT2D eigenvalue weighted by atomic mass is 9.90. The van der Waals surface area contributed by atoms with Crippen LogP contribution < -0.4 is 0 Å². The van der Waals surface area contributed by atoms with Gasteiger partial charge < -0.3 is 0 Å². The van der Waals surface area contributed by atoms with Crippen LogP contribution in [0.5, 0.6) is 0 Å². The highest BCUT2D eigenvalue weighted by molar-refractivity contribution is 7.16. The summed E-state index contributed by atoms with van der Waals surface area (Å²) in [6.45, 7) is 0. The van der Waals surface area contributed by atoms with Gasteiger partial charge in [0, 0.05) is 23.6 Å². The molecule has 0 amide bonds. The first-order chi connectivity index (χ1) is 12.2. The molecule has 128 valence electrons. The minimum Gasteiger partial charge on any atom is -0.296 e. The zero-order valence-electron chi connectivity index (χ0n) is 13.4. The van der Waals surface area contributed by atoms with Crippen LogP contribution in [-0.2, 0) is 0 Å². The number of carbonyl (C=O) groups is 1. The Morgan fingerprint density at radius 3 is 2.56 bits per heavy atom. The maximum absolute atomic E-state index is 11.6. The number of non-ortho nitro benzene ring substituents is 1. The second kappa shape index (κ2) is 6.36. The van der Waals surface area contributed by atoms with Crippen LogP contribution in [0, 0.1) is 10.1 Å². The number of nitrogens with zero attached hydrogens (tertiary/aromatic N) is 4. The van der Waals surface area contributed by atoms with Gasteiger partial charge in [0.2, 0.25) is 4.96 Å². The molecule has 0 N–H and O–H groups in total. The molecule has 0 unspecified atom stereocenters. The first-order valence-corrected chi connectivity index (χ1v) is 9.08. The molecule has 1 aromatic carbocycles. The third-order valence-electron chi connectivity index (χ3n) is 4.67. The molecule has 4 rings (SSSR count). The average molecular weight is 356 g/mol. The zero-order valence-corrected chi connectivity index (χ0v) is 14.2. The van der Waals surface area contributed by atoms with Crippen LogP contribution in [0.15, 0.2) is 24.3 Å². The SMILES string of the molecule is O=Cc1c(-c2ccc([N+](=O)[O-])cc2)nc2sc(C3CCCCC3)nn12. The lowest BCUT2D eigenvalue weighted by Crippen LogP contribution is -2.05. The molecular weight excluding hydrogens is 340 g/mol. The van der Waals surface area contributed by atoms with Gasteiger partial charge in [0.1, 0.15) is 16.4 Å². The van der Waals surface area contributed by atoms with Crippen molar-refractivity contribution in [2.24, 2.45) is 0 Å². The van der Waals surface area contributed by atoms with E-state index in [9.17, 15) is 14.9 Å². The average Bonchev–Trinajstić information content (AvgIpc) is 3.20. The van der Waals surface area contributed by atoms with Gasteiger partial charge in [0.15, 0.2) is 6.29 Å². The van der Waals surface area contributed by atoms with Crippen molar-refractivity contribution in [2.75, 3.05) is 0 Å². The second-order valence-electron chi connectivity index (χ2n) is 6.24. The van der Waals surface area contributed by atoms with Crippen LogP contribution in [0.2, 0.25) is 0 Å². The fourth-order valence-electron chi connectivity index (χ4n) is 3.35. The van der Waals surface area contributed by atoms with Gasteiger partial charge >= 0.3 is 0 Å². The Bertz CT molecular complexity index is 939. The first kappa shape index (κ1) is 15.9. The predicted molar refractivity (Wildman–Crippen MR) is 94.2 cm³/mol. The standard InChI is InChI=1S/C17H16N4O3S/c22-10-14-15(11-6-8-13(9-7-11)21(23)24)18-17-20(14)19-16(25-17)12-4-2-1-3-5-12/h6-10,12H,1-5H2. The van der Waals surface area contributed by atoms with Crippen molar-refractivity contribution in [2.45, 2.75) is 38.0 Å². The molecule has 7 nitrogen and oxygen atoms in total. The van der Waals surface area contributed by atoms with Gasteiger partial charge in [0.05, 0.1) is 4.92 Å². The van der Waals surface area contributed by atoms with Crippen LogP contribution in [0.4, 0.5) is 5.69 Å². The summed E-state index contributed by atoms with van der Waals surface area (Å²) in [7, 11) is 0. The fraction of sp³-hybridized carbons (Fsp3) is 0.353. The van der Waals surface area contributed by atoms with E-state index in [0.29, 0.717) is 27.8 Å². The number of hydrogen-bond donors (Lipinski definition) is 0. The number of benzene rings is 1. The Hall–Kier alpha value is -2.61. The van der Waals surface area contributed by atoms with E-state index < -0.39 is 4.92 Å². The van der Waals surface area contributed by atoms with Crippen LogP contribution in [-0.4, -0.2) is 25.8 Å². The molecule has 0 spiro atoms. The summed E-state index contributed by atoms with van der Waals surface area (Å²) in [5, 5.41) is 16.5. The summed E-state index contributed by atoms with van der Waals surface area (Å²) in [6.07, 6.45) is 6.76. The van der Waals surface area contributed by atoms with Crippen LogP contribution >= 0.6 is 11.3 Å². The summed E-state index contributed by atoms with van der Waals surface area (Å²) in [5.74, 6) is 0.461. The van der Waals surface area contributed by atoms with E-state index in [1.54, 1.807) is 16.6 Å². The maximum Gasteiger partial charge on any atom is 0.269 e. The van der Waals surface area contributed by atoms with Crippen molar-refractivity contribution >= 4 is 28.3 Å². The first-order valence-electron chi connectivity index (χ1n) is 8.27. The monoisotopic (exact) mass is 356 g/mol. The van der Waals surface area contributed by atoms with Gasteiger partial charge in [-0.25, -0.2) is 4.98 Å². The number of nitro groups is 1. The van der Waals surface area contributed by atoms with Crippen molar-refractivity contribution < 1.29 is 9.72 Å². The third kappa shape index (κ3) is 2.82. The Morgan fingerprint density at radius 1 is 1.20 bits per heavy atom. The molecule has 0 radical (unpaired) electrons. The molecular formula is C17H16N4O3S. The Kier molecular flexibility index (Phi) is 4.04. The van der Waals surface area contributed by atoms with E-state index in [0.717, 1.165) is 24.1 Å². The number of carbonyl (C=O) groups excluding carboxylic acids is 1. The molecule has 2 heterocycles. The molecule has 1 saturated carbocycles.